The molecule has 0 spiro atoms. The first-order valence-corrected chi connectivity index (χ1v) is 9.33. The summed E-state index contributed by atoms with van der Waals surface area (Å²) in [5.41, 5.74) is 0. The van der Waals surface area contributed by atoms with E-state index in [1.165, 1.54) is 19.3 Å². The molecular weight excluding hydrogens is 290 g/mol. The van der Waals surface area contributed by atoms with Crippen LogP contribution in [0.25, 0.3) is 0 Å². The van der Waals surface area contributed by atoms with E-state index in [9.17, 15) is 9.90 Å². The van der Waals surface area contributed by atoms with Gasteiger partial charge in [0.15, 0.2) is 0 Å². The van der Waals surface area contributed by atoms with E-state index in [0.29, 0.717) is 12.8 Å². The van der Waals surface area contributed by atoms with Gasteiger partial charge in [-0.25, -0.2) is 0 Å². The molecule has 23 heavy (non-hydrogen) atoms. The Hall–Kier alpha value is -0.870. The molecule has 0 unspecified atom stereocenters. The highest BCUT2D eigenvalue weighted by Gasteiger charge is 2.43. The average molecular weight is 323 g/mol. The van der Waals surface area contributed by atoms with Crippen LogP contribution in [0.5, 0.6) is 0 Å². The van der Waals surface area contributed by atoms with Crippen molar-refractivity contribution in [3.8, 4) is 0 Å². The zero-order valence-electron chi connectivity index (χ0n) is 14.7. The second-order valence-electron chi connectivity index (χ2n) is 7.20. The summed E-state index contributed by atoms with van der Waals surface area (Å²) in [5.74, 6) is 0.396. The highest BCUT2D eigenvalue weighted by molar-refractivity contribution is 5.69. The first-order chi connectivity index (χ1) is 11.1. The summed E-state index contributed by atoms with van der Waals surface area (Å²) in [6, 6.07) is 0. The minimum absolute atomic E-state index is 0.101. The Balaban J connectivity index is 1.88. The molecular formula is C19H33NO3. The van der Waals surface area contributed by atoms with Gasteiger partial charge in [-0.3, -0.25) is 4.79 Å². The number of ether oxygens (including phenoxy) is 1. The van der Waals surface area contributed by atoms with Gasteiger partial charge in [-0.15, -0.1) is 0 Å². The van der Waals surface area contributed by atoms with Gasteiger partial charge < -0.3 is 14.7 Å². The van der Waals surface area contributed by atoms with Crippen molar-refractivity contribution < 1.29 is 14.6 Å². The predicted molar refractivity (Wildman–Crippen MR) is 92.1 cm³/mol. The average Bonchev–Trinajstić information content (AvgIpc) is 2.83. The summed E-state index contributed by atoms with van der Waals surface area (Å²) in [7, 11) is 2.16. The summed E-state index contributed by atoms with van der Waals surface area (Å²) in [5, 5.41) is 10.5. The molecule has 1 heterocycles. The van der Waals surface area contributed by atoms with E-state index in [1.807, 2.05) is 0 Å². The lowest BCUT2D eigenvalue weighted by Gasteiger charge is -2.26. The number of esters is 1. The maximum absolute atomic E-state index is 11.8. The van der Waals surface area contributed by atoms with Crippen LogP contribution >= 0.6 is 0 Å². The zero-order valence-corrected chi connectivity index (χ0v) is 14.7. The molecule has 0 amide bonds. The van der Waals surface area contributed by atoms with Crippen LogP contribution in [-0.2, 0) is 9.53 Å². The molecule has 0 saturated heterocycles. The van der Waals surface area contributed by atoms with Crippen LogP contribution in [0, 0.1) is 11.8 Å². The Morgan fingerprint density at radius 1 is 1.30 bits per heavy atom. The van der Waals surface area contributed by atoms with Gasteiger partial charge in [-0.05, 0) is 51.7 Å². The van der Waals surface area contributed by atoms with Crippen LogP contribution in [0.4, 0.5) is 0 Å². The maximum atomic E-state index is 11.8. The van der Waals surface area contributed by atoms with Gasteiger partial charge in [0.25, 0.3) is 0 Å². The first-order valence-electron chi connectivity index (χ1n) is 9.33. The number of unbranched alkanes of at least 4 members (excludes halogenated alkanes) is 2. The number of rotatable bonds is 7. The van der Waals surface area contributed by atoms with Crippen LogP contribution in [0.1, 0.15) is 58.3 Å². The normalized spacial score (nSPS) is 32.8. The third-order valence-corrected chi connectivity index (χ3v) is 5.36. The van der Waals surface area contributed by atoms with Crippen LogP contribution in [-0.4, -0.2) is 48.3 Å². The smallest absolute Gasteiger partial charge is 0.306 e. The molecule has 4 nitrogen and oxygen atoms in total. The van der Waals surface area contributed by atoms with Gasteiger partial charge in [-0.2, -0.15) is 0 Å². The monoisotopic (exact) mass is 323 g/mol. The summed E-state index contributed by atoms with van der Waals surface area (Å²) in [6.45, 7) is 4.35. The number of hydrogen-bond acceptors (Lipinski definition) is 4. The Bertz CT molecular complexity index is 396. The highest BCUT2D eigenvalue weighted by atomic mass is 16.5. The number of aliphatic hydroxyl groups excluding tert-OH is 1. The largest absolute Gasteiger partial charge is 0.462 e. The standard InChI is InChI=1S/C19H33NO3/c1-3-4-8-12-20(2)13-11-15-16-9-6-5-7-10-19(22)23-18(16)14-17(15)21/h5-6,15-18,21H,3-4,7-14H2,1-2H3/b6-5-/t15-,16-,17-,18+/m1/s1. The molecule has 2 rings (SSSR count). The Kier molecular flexibility index (Phi) is 7.57. The molecule has 1 fully saturated rings. The van der Waals surface area contributed by atoms with Gasteiger partial charge in [-0.1, -0.05) is 31.9 Å². The number of nitrogens with zero attached hydrogens (tertiary/aromatic N) is 1. The van der Waals surface area contributed by atoms with Crippen molar-refractivity contribution in [2.75, 3.05) is 20.1 Å². The number of carbonyl (C=O) groups excluding carboxylic acids is 1. The topological polar surface area (TPSA) is 49.8 Å². The van der Waals surface area contributed by atoms with Crippen molar-refractivity contribution in [3.63, 3.8) is 0 Å². The molecule has 0 aromatic rings. The van der Waals surface area contributed by atoms with Gasteiger partial charge in [0.2, 0.25) is 0 Å². The van der Waals surface area contributed by atoms with E-state index < -0.39 is 0 Å². The molecule has 1 aliphatic carbocycles. The van der Waals surface area contributed by atoms with E-state index in [2.05, 4.69) is 31.0 Å². The van der Waals surface area contributed by atoms with Gasteiger partial charge in [0, 0.05) is 18.8 Å². The summed E-state index contributed by atoms with van der Waals surface area (Å²) < 4.78 is 5.63. The van der Waals surface area contributed by atoms with E-state index in [1.54, 1.807) is 0 Å². The summed E-state index contributed by atoms with van der Waals surface area (Å²) >= 11 is 0. The zero-order chi connectivity index (χ0) is 16.7. The van der Waals surface area contributed by atoms with Crippen molar-refractivity contribution in [2.45, 2.75) is 70.5 Å². The SMILES string of the molecule is CCCCCN(C)CC[C@@H]1[C@H]2C/C=C\CCC(=O)O[C@H]2C[C@H]1O. The third kappa shape index (κ3) is 5.61. The van der Waals surface area contributed by atoms with Crippen LogP contribution < -0.4 is 0 Å². The highest BCUT2D eigenvalue weighted by Crippen LogP contribution is 2.39. The van der Waals surface area contributed by atoms with Crippen molar-refractivity contribution in [1.82, 2.24) is 4.90 Å². The fourth-order valence-electron chi connectivity index (χ4n) is 3.93. The molecule has 1 N–H and O–H groups in total. The number of hydrogen-bond donors (Lipinski definition) is 1. The molecule has 1 aliphatic heterocycles. The number of fused-ring (bicyclic) bond motifs is 1. The van der Waals surface area contributed by atoms with E-state index in [4.69, 9.17) is 4.74 Å². The lowest BCUT2D eigenvalue weighted by molar-refractivity contribution is -0.151. The fraction of sp³-hybridized carbons (Fsp3) is 0.842. The summed E-state index contributed by atoms with van der Waals surface area (Å²) in [4.78, 5) is 14.2. The van der Waals surface area contributed by atoms with Crippen LogP contribution in [0.15, 0.2) is 12.2 Å². The molecule has 0 aromatic carbocycles. The van der Waals surface area contributed by atoms with Crippen LogP contribution in [0.2, 0.25) is 0 Å². The number of carbonyl (C=O) groups is 1. The molecule has 2 aliphatic rings. The van der Waals surface area contributed by atoms with Crippen LogP contribution in [0.3, 0.4) is 0 Å². The van der Waals surface area contributed by atoms with Crippen molar-refractivity contribution in [3.05, 3.63) is 12.2 Å². The number of allylic oxidation sites excluding steroid dienone is 2. The van der Waals surface area contributed by atoms with Crippen molar-refractivity contribution in [2.24, 2.45) is 11.8 Å². The minimum Gasteiger partial charge on any atom is -0.462 e. The Morgan fingerprint density at radius 3 is 2.91 bits per heavy atom. The molecule has 0 aromatic heterocycles. The quantitative estimate of drug-likeness (QED) is 0.444. The third-order valence-electron chi connectivity index (χ3n) is 5.36. The first kappa shape index (κ1) is 18.5. The molecule has 4 atom stereocenters. The lowest BCUT2D eigenvalue weighted by atomic mass is 9.87. The number of aliphatic hydroxyl groups is 1. The summed E-state index contributed by atoms with van der Waals surface area (Å²) in [6.07, 6.45) is 11.3. The minimum atomic E-state index is -0.338. The maximum Gasteiger partial charge on any atom is 0.306 e. The van der Waals surface area contributed by atoms with Gasteiger partial charge >= 0.3 is 5.97 Å². The molecule has 0 bridgehead atoms. The van der Waals surface area contributed by atoms with Gasteiger partial charge in [0.05, 0.1) is 6.10 Å². The Labute approximate surface area is 140 Å². The van der Waals surface area contributed by atoms with E-state index >= 15 is 0 Å². The van der Waals surface area contributed by atoms with E-state index in [0.717, 1.165) is 32.4 Å². The molecule has 132 valence electrons. The van der Waals surface area contributed by atoms with Crippen molar-refractivity contribution in [1.29, 1.82) is 0 Å². The van der Waals surface area contributed by atoms with Gasteiger partial charge in [0.1, 0.15) is 6.10 Å². The molecule has 4 heteroatoms. The lowest BCUT2D eigenvalue weighted by Crippen LogP contribution is -2.29. The molecule has 0 radical (unpaired) electrons. The molecule has 1 saturated carbocycles. The van der Waals surface area contributed by atoms with E-state index in [-0.39, 0.29) is 30.0 Å². The van der Waals surface area contributed by atoms with Crippen molar-refractivity contribution >= 4 is 5.97 Å². The second-order valence-corrected chi connectivity index (χ2v) is 7.20. The Morgan fingerprint density at radius 2 is 2.13 bits per heavy atom. The second kappa shape index (κ2) is 9.43. The fourth-order valence-corrected chi connectivity index (χ4v) is 3.93. The predicted octanol–water partition coefficient (Wildman–Crippen LogP) is 3.15.